The molecule has 0 heterocycles. The van der Waals surface area contributed by atoms with Gasteiger partial charge in [-0.05, 0) is 103 Å². The van der Waals surface area contributed by atoms with Gasteiger partial charge in [0.05, 0.1) is 6.61 Å². The maximum Gasteiger partial charge on any atom is 0.328 e. The molecule has 5 aromatic rings. The first kappa shape index (κ1) is 51.6. The van der Waals surface area contributed by atoms with Crippen LogP contribution in [0, 0.1) is 11.8 Å². The Morgan fingerprint density at radius 2 is 1.21 bits per heavy atom. The maximum atomic E-state index is 14.2. The number of fused-ring (bicyclic) bond motifs is 2. The molecule has 15 heteroatoms. The molecular formula is C52H66ClN7O7. The Balaban J connectivity index is 1.37. The summed E-state index contributed by atoms with van der Waals surface area (Å²) in [7, 11) is 0. The Morgan fingerprint density at radius 3 is 1.81 bits per heavy atom. The van der Waals surface area contributed by atoms with Crippen LogP contribution in [-0.4, -0.2) is 74.1 Å². The molecule has 0 fully saturated rings. The lowest BCUT2D eigenvalue weighted by molar-refractivity contribution is -0.150. The van der Waals surface area contributed by atoms with Crippen LogP contribution in [0.4, 0.5) is 0 Å². The van der Waals surface area contributed by atoms with Crippen molar-refractivity contribution in [3.05, 3.63) is 108 Å². The zero-order valence-corrected chi connectivity index (χ0v) is 39.8. The fourth-order valence-electron chi connectivity index (χ4n) is 7.67. The van der Waals surface area contributed by atoms with Gasteiger partial charge in [-0.2, -0.15) is 0 Å². The smallest absolute Gasteiger partial charge is 0.328 e. The van der Waals surface area contributed by atoms with E-state index in [-0.39, 0.29) is 44.3 Å². The summed E-state index contributed by atoms with van der Waals surface area (Å²) >= 11 is 6.29. The average molecular weight is 937 g/mol. The molecule has 0 aliphatic carbocycles. The molecule has 358 valence electrons. The number of ether oxygens (including phenoxy) is 3. The number of carbonyl (C=O) groups excluding carboxylic acids is 4. The number of benzene rings is 5. The molecule has 9 N–H and O–H groups in total. The quantitative estimate of drug-likeness (QED) is 0.0138. The van der Waals surface area contributed by atoms with Gasteiger partial charge in [0, 0.05) is 28.3 Å². The van der Waals surface area contributed by atoms with Crippen LogP contribution in [0.15, 0.2) is 102 Å². The monoisotopic (exact) mass is 935 g/mol. The minimum atomic E-state index is -1.13. The second-order valence-electron chi connectivity index (χ2n) is 17.4. The highest BCUT2D eigenvalue weighted by atomic mass is 35.5. The number of nitrogens with one attached hydrogen (secondary N) is 3. The zero-order valence-electron chi connectivity index (χ0n) is 39.0. The van der Waals surface area contributed by atoms with Gasteiger partial charge >= 0.3 is 5.97 Å². The maximum absolute atomic E-state index is 14.2. The average Bonchev–Trinajstić information content (AvgIpc) is 3.30. The van der Waals surface area contributed by atoms with Gasteiger partial charge in [0.2, 0.25) is 11.8 Å². The first-order chi connectivity index (χ1) is 32.2. The third kappa shape index (κ3) is 15.6. The molecule has 0 unspecified atom stereocenters. The number of halogens is 1. The van der Waals surface area contributed by atoms with Crippen molar-refractivity contribution in [2.45, 2.75) is 97.4 Å². The molecule has 0 spiro atoms. The zero-order chi connectivity index (χ0) is 48.3. The van der Waals surface area contributed by atoms with E-state index < -0.39 is 48.4 Å². The Kier molecular flexibility index (Phi) is 20.1. The van der Waals surface area contributed by atoms with Crippen molar-refractivity contribution < 1.29 is 33.4 Å². The van der Waals surface area contributed by atoms with Crippen molar-refractivity contribution in [1.82, 2.24) is 16.0 Å². The molecule has 0 bridgehead atoms. The summed E-state index contributed by atoms with van der Waals surface area (Å²) in [5.41, 5.74) is 19.2. The topological polar surface area (TPSA) is 222 Å². The predicted octanol–water partition coefficient (Wildman–Crippen LogP) is 7.54. The molecule has 14 nitrogen and oxygen atoms in total. The normalized spacial score (nSPS) is 12.6. The van der Waals surface area contributed by atoms with Crippen LogP contribution in [0.3, 0.4) is 0 Å². The lowest BCUT2D eigenvalue weighted by Gasteiger charge is -2.26. The number of aliphatic imine (C=N–C) groups is 1. The van der Waals surface area contributed by atoms with E-state index in [2.05, 4.69) is 40.9 Å². The van der Waals surface area contributed by atoms with Gasteiger partial charge in [0.25, 0.3) is 5.91 Å². The van der Waals surface area contributed by atoms with Crippen LogP contribution in [-0.2, 0) is 30.5 Å². The summed E-state index contributed by atoms with van der Waals surface area (Å²) in [4.78, 5) is 59.6. The van der Waals surface area contributed by atoms with Gasteiger partial charge in [-0.15, -0.1) is 0 Å². The molecule has 0 aromatic heterocycles. The summed E-state index contributed by atoms with van der Waals surface area (Å²) in [5.74, 6) is -0.919. The number of carbonyl (C=O) groups is 4. The van der Waals surface area contributed by atoms with E-state index in [1.807, 2.05) is 80.6 Å². The molecule has 0 aliphatic heterocycles. The Bertz CT molecular complexity index is 2470. The first-order valence-electron chi connectivity index (χ1n) is 23.1. The van der Waals surface area contributed by atoms with Gasteiger partial charge in [-0.3, -0.25) is 19.4 Å². The molecular weight excluding hydrogens is 870 g/mol. The van der Waals surface area contributed by atoms with Crippen LogP contribution >= 0.6 is 11.6 Å². The highest BCUT2D eigenvalue weighted by Gasteiger charge is 2.31. The summed E-state index contributed by atoms with van der Waals surface area (Å²) in [6.45, 7) is 8.72. The van der Waals surface area contributed by atoms with E-state index in [9.17, 15) is 19.2 Å². The van der Waals surface area contributed by atoms with Crippen molar-refractivity contribution >= 4 is 62.8 Å². The van der Waals surface area contributed by atoms with E-state index in [0.717, 1.165) is 39.1 Å². The van der Waals surface area contributed by atoms with Crippen LogP contribution in [0.25, 0.3) is 32.7 Å². The Morgan fingerprint density at radius 1 is 0.642 bits per heavy atom. The molecule has 67 heavy (non-hydrogen) atoms. The molecule has 0 saturated carbocycles. The molecule has 0 aliphatic rings. The lowest BCUT2D eigenvalue weighted by Crippen LogP contribution is -2.56. The second-order valence-corrected chi connectivity index (χ2v) is 17.9. The fourth-order valence-corrected chi connectivity index (χ4v) is 7.86. The molecule has 5 aromatic carbocycles. The van der Waals surface area contributed by atoms with E-state index in [4.69, 9.17) is 43.0 Å². The summed E-state index contributed by atoms with van der Waals surface area (Å²) in [6, 6.07) is 27.7. The standard InChI is InChI=1S/C52H66ClN7O7/c1-33(2)26-29-65-44-24-22-35-14-5-8-17-38(35)47(44)48-39-18-9-6-15-36(39)23-25-45(48)66-32-46(61)58-41(20-11-12-27-54)49(62)59-42(21-13-28-57-52(55)56)50(63)60-43(30-34(3)4)51(64)67-31-37-16-7-10-19-40(37)53/h5-10,14-19,22-25,33-34,41-43H,11-13,20-21,26-32,54H2,1-4H3,(H,58,61)(H,59,62)(H,60,63)(H4,55,56,57)/t41-,42-,43+/m1/s1. The van der Waals surface area contributed by atoms with Crippen molar-refractivity contribution in [3.8, 4) is 22.6 Å². The van der Waals surface area contributed by atoms with E-state index in [0.29, 0.717) is 60.4 Å². The molecule has 5 rings (SSSR count). The highest BCUT2D eigenvalue weighted by molar-refractivity contribution is 6.31. The number of hydrogen-bond acceptors (Lipinski definition) is 9. The van der Waals surface area contributed by atoms with Crippen molar-refractivity contribution in [1.29, 1.82) is 0 Å². The minimum Gasteiger partial charge on any atom is -0.493 e. The van der Waals surface area contributed by atoms with Crippen molar-refractivity contribution in [3.63, 3.8) is 0 Å². The number of nitrogens with zero attached hydrogens (tertiary/aromatic N) is 1. The number of rotatable bonds is 26. The first-order valence-corrected chi connectivity index (χ1v) is 23.5. The predicted molar refractivity (Wildman–Crippen MR) is 267 cm³/mol. The number of guanidine groups is 1. The third-order valence-electron chi connectivity index (χ3n) is 11.2. The number of amides is 3. The Hall–Kier alpha value is -6.38. The molecule has 0 saturated heterocycles. The van der Waals surface area contributed by atoms with Gasteiger partial charge in [0.1, 0.15) is 36.2 Å². The summed E-state index contributed by atoms with van der Waals surface area (Å²) < 4.78 is 18.5. The van der Waals surface area contributed by atoms with Crippen LogP contribution in [0.1, 0.15) is 78.2 Å². The minimum absolute atomic E-state index is 0.000234. The highest BCUT2D eigenvalue weighted by Crippen LogP contribution is 2.45. The van der Waals surface area contributed by atoms with E-state index in [1.54, 1.807) is 24.3 Å². The molecule has 0 radical (unpaired) electrons. The fraction of sp³-hybridized carbons (Fsp3) is 0.404. The van der Waals surface area contributed by atoms with Gasteiger partial charge in [-0.1, -0.05) is 118 Å². The van der Waals surface area contributed by atoms with E-state index in [1.165, 1.54) is 0 Å². The Labute approximate surface area is 398 Å². The van der Waals surface area contributed by atoms with Crippen molar-refractivity contribution in [2.75, 3.05) is 26.3 Å². The molecule has 3 atom stereocenters. The van der Waals surface area contributed by atoms with Crippen LogP contribution < -0.4 is 42.6 Å². The van der Waals surface area contributed by atoms with Gasteiger partial charge in [-0.25, -0.2) is 4.79 Å². The second kappa shape index (κ2) is 26.1. The summed E-state index contributed by atoms with van der Waals surface area (Å²) in [6.07, 6.45) is 2.91. The van der Waals surface area contributed by atoms with Crippen molar-refractivity contribution in [2.24, 2.45) is 34.0 Å². The molecule has 3 amide bonds. The van der Waals surface area contributed by atoms with E-state index >= 15 is 0 Å². The van der Waals surface area contributed by atoms with Crippen LogP contribution in [0.5, 0.6) is 11.5 Å². The lowest BCUT2D eigenvalue weighted by atomic mass is 9.92. The van der Waals surface area contributed by atoms with Gasteiger partial charge < -0.3 is 47.4 Å². The number of hydrogen-bond donors (Lipinski definition) is 6. The van der Waals surface area contributed by atoms with Gasteiger partial charge in [0.15, 0.2) is 12.6 Å². The number of unbranched alkanes of at least 4 members (excludes halogenated alkanes) is 1. The van der Waals surface area contributed by atoms with Crippen LogP contribution in [0.2, 0.25) is 5.02 Å². The SMILES string of the molecule is CC(C)CCOc1ccc2ccccc2c1-c1c(OCC(=O)N[C@H](CCCCN)C(=O)N[C@H](CCCN=C(N)N)C(=O)N[C@@H](CC(C)C)C(=O)OCc2ccccc2Cl)ccc2ccccc12. The number of nitrogens with two attached hydrogens (primary N) is 3. The summed E-state index contributed by atoms with van der Waals surface area (Å²) in [5, 5.41) is 12.8. The number of esters is 1. The third-order valence-corrected chi connectivity index (χ3v) is 11.5. The largest absolute Gasteiger partial charge is 0.493 e.